The molecule has 1 fully saturated rings. The van der Waals surface area contributed by atoms with Crippen LogP contribution in [-0.4, -0.2) is 59.9 Å². The fourth-order valence-corrected chi connectivity index (χ4v) is 3.46. The van der Waals surface area contributed by atoms with E-state index in [2.05, 4.69) is 38.8 Å². The molecule has 1 aliphatic rings. The normalized spacial score (nSPS) is 15.2. The van der Waals surface area contributed by atoms with E-state index in [1.807, 2.05) is 17.9 Å². The molecule has 32 heavy (non-hydrogen) atoms. The number of aryl methyl sites for hydroxylation is 1. The lowest BCUT2D eigenvalue weighted by Gasteiger charge is -2.35. The molecule has 174 valence electrons. The molecule has 0 unspecified atom stereocenters. The van der Waals surface area contributed by atoms with Gasteiger partial charge in [0.25, 0.3) is 0 Å². The number of ether oxygens (including phenoxy) is 1. The predicted octanol–water partition coefficient (Wildman–Crippen LogP) is 3.25. The molecular weight excluding hydrogens is 423 g/mol. The fourth-order valence-electron chi connectivity index (χ4n) is 3.46. The molecular formula is C22H28F3N5O2. The topological polar surface area (TPSA) is 70.6 Å². The number of benzene rings is 1. The quantitative estimate of drug-likeness (QED) is 0.697. The number of para-hydroxylation sites is 1. The largest absolute Gasteiger partial charge is 0.573 e. The summed E-state index contributed by atoms with van der Waals surface area (Å²) in [5.74, 6) is 1.39. The predicted molar refractivity (Wildman–Crippen MR) is 114 cm³/mol. The second-order valence-electron chi connectivity index (χ2n) is 8.08. The number of nitrogens with one attached hydrogen (secondary N) is 1. The van der Waals surface area contributed by atoms with Crippen LogP contribution in [0.3, 0.4) is 0 Å². The molecule has 1 aliphatic heterocycles. The first-order valence-electron chi connectivity index (χ1n) is 10.5. The minimum Gasteiger partial charge on any atom is -0.405 e. The summed E-state index contributed by atoms with van der Waals surface area (Å²) < 4.78 is 41.6. The number of piperazine rings is 1. The first-order chi connectivity index (χ1) is 15.1. The van der Waals surface area contributed by atoms with Crippen molar-refractivity contribution < 1.29 is 22.7 Å². The molecule has 3 rings (SSSR count). The van der Waals surface area contributed by atoms with Gasteiger partial charge in [0.15, 0.2) is 0 Å². The van der Waals surface area contributed by atoms with Gasteiger partial charge >= 0.3 is 6.36 Å². The average molecular weight is 451 g/mol. The van der Waals surface area contributed by atoms with Crippen molar-refractivity contribution >= 4 is 11.7 Å². The summed E-state index contributed by atoms with van der Waals surface area (Å²) in [6.07, 6.45) is -4.78. The number of carbonyl (C=O) groups is 1. The summed E-state index contributed by atoms with van der Waals surface area (Å²) >= 11 is 0. The average Bonchev–Trinajstić information content (AvgIpc) is 2.72. The number of amides is 1. The van der Waals surface area contributed by atoms with Gasteiger partial charge < -0.3 is 15.0 Å². The van der Waals surface area contributed by atoms with Crippen LogP contribution >= 0.6 is 0 Å². The lowest BCUT2D eigenvalue weighted by molar-refractivity contribution is -0.274. The lowest BCUT2D eigenvalue weighted by atomic mass is 10.2. The molecule has 7 nitrogen and oxygen atoms in total. The molecule has 0 radical (unpaired) electrons. The summed E-state index contributed by atoms with van der Waals surface area (Å²) in [4.78, 5) is 25.7. The first-order valence-corrected chi connectivity index (χ1v) is 10.5. The third-order valence-corrected chi connectivity index (χ3v) is 5.11. The van der Waals surface area contributed by atoms with E-state index in [9.17, 15) is 18.0 Å². The van der Waals surface area contributed by atoms with Crippen molar-refractivity contribution in [3.8, 4) is 5.75 Å². The van der Waals surface area contributed by atoms with Crippen LogP contribution in [0.1, 0.15) is 36.8 Å². The summed E-state index contributed by atoms with van der Waals surface area (Å²) in [6.45, 7) is 9.02. The van der Waals surface area contributed by atoms with Crippen molar-refractivity contribution in [2.75, 3.05) is 37.6 Å². The number of nitrogens with zero attached hydrogens (tertiary/aromatic N) is 4. The van der Waals surface area contributed by atoms with E-state index >= 15 is 0 Å². The van der Waals surface area contributed by atoms with E-state index in [4.69, 9.17) is 0 Å². The van der Waals surface area contributed by atoms with Crippen LogP contribution in [0.4, 0.5) is 19.0 Å². The van der Waals surface area contributed by atoms with Crippen LogP contribution in [-0.2, 0) is 11.3 Å². The van der Waals surface area contributed by atoms with E-state index in [1.165, 1.54) is 18.2 Å². The van der Waals surface area contributed by atoms with Gasteiger partial charge in [-0.05, 0) is 13.0 Å². The van der Waals surface area contributed by atoms with E-state index < -0.39 is 6.36 Å². The van der Waals surface area contributed by atoms with Crippen LogP contribution in [0.5, 0.6) is 5.75 Å². The van der Waals surface area contributed by atoms with Crippen LogP contribution in [0.25, 0.3) is 0 Å². The highest BCUT2D eigenvalue weighted by Gasteiger charge is 2.32. The summed E-state index contributed by atoms with van der Waals surface area (Å²) in [5.41, 5.74) is 1.19. The standard InChI is InChI=1S/C22H28F3N5O2/c1-15(2)21-27-16(3)12-19(28-21)30-10-8-29(9-11-30)14-20(31)26-13-17-6-4-5-7-18(17)32-22(23,24)25/h4-7,12,15H,8-11,13-14H2,1-3H3,(H,26,31). The molecule has 1 N–H and O–H groups in total. The van der Waals surface area contributed by atoms with Crippen LogP contribution in [0.2, 0.25) is 0 Å². The Balaban J connectivity index is 1.50. The van der Waals surface area contributed by atoms with Gasteiger partial charge in [-0.1, -0.05) is 32.0 Å². The van der Waals surface area contributed by atoms with Crippen molar-refractivity contribution in [3.63, 3.8) is 0 Å². The van der Waals surface area contributed by atoms with E-state index in [-0.39, 0.29) is 36.2 Å². The minimum atomic E-state index is -4.78. The molecule has 1 aromatic carbocycles. The highest BCUT2D eigenvalue weighted by molar-refractivity contribution is 5.78. The maximum atomic E-state index is 12.5. The number of halogens is 3. The molecule has 2 aromatic rings. The second-order valence-corrected chi connectivity index (χ2v) is 8.08. The second kappa shape index (κ2) is 10.2. The SMILES string of the molecule is Cc1cc(N2CCN(CC(=O)NCc3ccccc3OC(F)(F)F)CC2)nc(C(C)C)n1. The molecule has 0 atom stereocenters. The van der Waals surface area contributed by atoms with Gasteiger partial charge in [0.1, 0.15) is 17.4 Å². The fraction of sp³-hybridized carbons (Fsp3) is 0.500. The zero-order chi connectivity index (χ0) is 23.3. The number of carbonyl (C=O) groups excluding carboxylic acids is 1. The Hall–Kier alpha value is -2.88. The molecule has 10 heteroatoms. The Morgan fingerprint density at radius 2 is 1.84 bits per heavy atom. The molecule has 0 bridgehead atoms. The number of rotatable bonds is 7. The molecule has 0 aliphatic carbocycles. The lowest BCUT2D eigenvalue weighted by Crippen LogP contribution is -2.49. The zero-order valence-electron chi connectivity index (χ0n) is 18.4. The van der Waals surface area contributed by atoms with Gasteiger partial charge in [-0.2, -0.15) is 0 Å². The third kappa shape index (κ3) is 6.81. The number of hydrogen-bond donors (Lipinski definition) is 1. The Morgan fingerprint density at radius 1 is 1.16 bits per heavy atom. The molecule has 1 aromatic heterocycles. The van der Waals surface area contributed by atoms with Gasteiger partial charge in [-0.3, -0.25) is 9.69 Å². The van der Waals surface area contributed by atoms with Crippen molar-refractivity contribution in [1.29, 1.82) is 0 Å². The first kappa shape index (κ1) is 23.8. The molecule has 2 heterocycles. The summed E-state index contributed by atoms with van der Waals surface area (Å²) in [6, 6.07) is 7.75. The molecule has 0 spiro atoms. The van der Waals surface area contributed by atoms with Gasteiger partial charge in [0, 0.05) is 56.0 Å². The zero-order valence-corrected chi connectivity index (χ0v) is 18.4. The smallest absolute Gasteiger partial charge is 0.405 e. The monoisotopic (exact) mass is 451 g/mol. The number of anilines is 1. The van der Waals surface area contributed by atoms with E-state index in [1.54, 1.807) is 6.07 Å². The number of aromatic nitrogens is 2. The molecule has 1 saturated heterocycles. The van der Waals surface area contributed by atoms with E-state index in [0.29, 0.717) is 13.1 Å². The van der Waals surface area contributed by atoms with Gasteiger partial charge in [0.2, 0.25) is 5.91 Å². The molecule has 0 saturated carbocycles. The van der Waals surface area contributed by atoms with Crippen LogP contribution in [0.15, 0.2) is 30.3 Å². The highest BCUT2D eigenvalue weighted by atomic mass is 19.4. The van der Waals surface area contributed by atoms with Crippen molar-refractivity contribution in [2.45, 2.75) is 39.6 Å². The highest BCUT2D eigenvalue weighted by Crippen LogP contribution is 2.26. The van der Waals surface area contributed by atoms with E-state index in [0.717, 1.165) is 30.4 Å². The summed E-state index contributed by atoms with van der Waals surface area (Å²) in [7, 11) is 0. The Morgan fingerprint density at radius 3 is 2.50 bits per heavy atom. The Labute approximate surface area is 185 Å². The summed E-state index contributed by atoms with van der Waals surface area (Å²) in [5, 5.41) is 2.68. The Kier molecular flexibility index (Phi) is 7.55. The van der Waals surface area contributed by atoms with Crippen molar-refractivity contribution in [1.82, 2.24) is 20.2 Å². The van der Waals surface area contributed by atoms with Crippen molar-refractivity contribution in [3.05, 3.63) is 47.4 Å². The number of alkyl halides is 3. The Bertz CT molecular complexity index is 928. The maximum Gasteiger partial charge on any atom is 0.573 e. The van der Waals surface area contributed by atoms with Gasteiger partial charge in [0.05, 0.1) is 6.54 Å². The van der Waals surface area contributed by atoms with Crippen molar-refractivity contribution in [2.24, 2.45) is 0 Å². The minimum absolute atomic E-state index is 0.0384. The van der Waals surface area contributed by atoms with Crippen LogP contribution < -0.4 is 15.0 Å². The third-order valence-electron chi connectivity index (χ3n) is 5.11. The maximum absolute atomic E-state index is 12.5. The van der Waals surface area contributed by atoms with Gasteiger partial charge in [-0.25, -0.2) is 9.97 Å². The molecule has 1 amide bonds. The van der Waals surface area contributed by atoms with Gasteiger partial charge in [-0.15, -0.1) is 13.2 Å². The number of hydrogen-bond acceptors (Lipinski definition) is 6. The van der Waals surface area contributed by atoms with Crippen LogP contribution in [0, 0.1) is 6.92 Å².